The zero-order chi connectivity index (χ0) is 26.2. The molecule has 0 saturated heterocycles. The first kappa shape index (κ1) is 29.0. The van der Waals surface area contributed by atoms with Crippen LogP contribution in [0.1, 0.15) is 44.6 Å². The number of esters is 3. The maximum Gasteiger partial charge on any atom is 0.338 e. The lowest BCUT2D eigenvalue weighted by molar-refractivity contribution is -0.150. The minimum Gasteiger partial charge on any atom is -0.466 e. The molecule has 2 amide bonds. The van der Waals surface area contributed by atoms with Crippen LogP contribution in [-0.2, 0) is 33.4 Å². The summed E-state index contributed by atoms with van der Waals surface area (Å²) in [4.78, 5) is 54.1. The average Bonchev–Trinajstić information content (AvgIpc) is 3.43. The van der Waals surface area contributed by atoms with Gasteiger partial charge in [0.15, 0.2) is 0 Å². The van der Waals surface area contributed by atoms with Gasteiger partial charge in [-0.15, -0.1) is 0 Å². The molecule has 2 heterocycles. The summed E-state index contributed by atoms with van der Waals surface area (Å²) in [6.45, 7) is 8.59. The van der Waals surface area contributed by atoms with Crippen LogP contribution in [0.2, 0.25) is 0 Å². The topological polar surface area (TPSA) is 107 Å². The standard InChI is InChI=1S/C10H13NO2.C8H8.C5H8O2.C4H2O3/c12-9-6-7-10(13)11(9)8-4-2-1-3-5-8;1-2-8-6-4-3-5-7-8;1-4(2)5(6)7-3;5-3-1-2-4(6)7-3/h6-8H,1-5H2;2-7H,1H2;1H2,2-3H3;1-2H. The number of rotatable bonds is 3. The van der Waals surface area contributed by atoms with Crippen molar-refractivity contribution < 1.29 is 33.4 Å². The van der Waals surface area contributed by atoms with Crippen molar-refractivity contribution in [2.45, 2.75) is 45.1 Å². The number of nitrogens with zero attached hydrogens (tertiary/aromatic N) is 1. The van der Waals surface area contributed by atoms with Crippen LogP contribution in [0.25, 0.3) is 6.08 Å². The lowest BCUT2D eigenvalue weighted by Crippen LogP contribution is -2.41. The molecule has 1 aromatic rings. The van der Waals surface area contributed by atoms with Gasteiger partial charge in [-0.25, -0.2) is 14.4 Å². The number of hydrogen-bond donors (Lipinski definition) is 0. The van der Waals surface area contributed by atoms with Gasteiger partial charge in [0.05, 0.1) is 7.11 Å². The Morgan fingerprint density at radius 3 is 1.77 bits per heavy atom. The SMILES string of the molecule is C=C(C)C(=O)OC.C=Cc1ccccc1.O=C1C=CC(=O)N1C1CCCCC1.O=C1C=CC(=O)O1. The molecule has 0 spiro atoms. The first-order chi connectivity index (χ1) is 16.7. The van der Waals surface area contributed by atoms with Gasteiger partial charge in [0, 0.05) is 35.9 Å². The lowest BCUT2D eigenvalue weighted by Gasteiger charge is -2.29. The van der Waals surface area contributed by atoms with E-state index >= 15 is 0 Å². The Kier molecular flexibility index (Phi) is 13.0. The van der Waals surface area contributed by atoms with Crippen molar-refractivity contribution in [2.75, 3.05) is 7.11 Å². The van der Waals surface area contributed by atoms with Crippen LogP contribution < -0.4 is 0 Å². The number of benzene rings is 1. The minimum atomic E-state index is -0.579. The predicted molar refractivity (Wildman–Crippen MR) is 131 cm³/mol. The van der Waals surface area contributed by atoms with Crippen LogP contribution in [0.15, 0.2) is 73.4 Å². The smallest absolute Gasteiger partial charge is 0.338 e. The summed E-state index contributed by atoms with van der Waals surface area (Å²) in [6, 6.07) is 10.2. The van der Waals surface area contributed by atoms with E-state index < -0.39 is 11.9 Å². The van der Waals surface area contributed by atoms with E-state index in [0.29, 0.717) is 5.57 Å². The molecule has 35 heavy (non-hydrogen) atoms. The highest BCUT2D eigenvalue weighted by atomic mass is 16.6. The summed E-state index contributed by atoms with van der Waals surface area (Å²) in [7, 11) is 1.33. The number of ether oxygens (including phenoxy) is 2. The Balaban J connectivity index is 0.000000244. The summed E-state index contributed by atoms with van der Waals surface area (Å²) in [5.41, 5.74) is 1.61. The third kappa shape index (κ3) is 11.1. The molecule has 1 fully saturated rings. The highest BCUT2D eigenvalue weighted by molar-refractivity contribution is 6.13. The van der Waals surface area contributed by atoms with E-state index in [-0.39, 0.29) is 23.8 Å². The Hall–Kier alpha value is -4.07. The van der Waals surface area contributed by atoms with Gasteiger partial charge in [-0.05, 0) is 25.3 Å². The van der Waals surface area contributed by atoms with E-state index in [4.69, 9.17) is 0 Å². The summed E-state index contributed by atoms with van der Waals surface area (Å²) < 4.78 is 8.25. The van der Waals surface area contributed by atoms with Crippen molar-refractivity contribution in [3.05, 3.63) is 78.9 Å². The van der Waals surface area contributed by atoms with E-state index in [9.17, 15) is 24.0 Å². The predicted octanol–water partition coefficient (Wildman–Crippen LogP) is 3.94. The fourth-order valence-corrected chi connectivity index (χ4v) is 3.18. The van der Waals surface area contributed by atoms with Crippen molar-refractivity contribution in [3.8, 4) is 0 Å². The Labute approximate surface area is 205 Å². The molecule has 3 aliphatic rings. The molecule has 0 N–H and O–H groups in total. The highest BCUT2D eigenvalue weighted by Gasteiger charge is 2.31. The van der Waals surface area contributed by atoms with E-state index in [1.165, 1.54) is 36.1 Å². The normalized spacial score (nSPS) is 16.1. The second kappa shape index (κ2) is 15.7. The maximum absolute atomic E-state index is 11.3. The average molecular weight is 482 g/mol. The van der Waals surface area contributed by atoms with Crippen molar-refractivity contribution in [1.29, 1.82) is 0 Å². The van der Waals surface area contributed by atoms with Gasteiger partial charge in [0.1, 0.15) is 0 Å². The Bertz CT molecular complexity index is 952. The zero-order valence-corrected chi connectivity index (χ0v) is 20.1. The molecule has 0 radical (unpaired) electrons. The van der Waals surface area contributed by atoms with Gasteiger partial charge in [-0.2, -0.15) is 0 Å². The molecule has 8 heteroatoms. The number of cyclic esters (lactones) is 2. The zero-order valence-electron chi connectivity index (χ0n) is 20.1. The maximum atomic E-state index is 11.3. The summed E-state index contributed by atoms with van der Waals surface area (Å²) in [5.74, 6) is -1.76. The molecule has 1 aromatic carbocycles. The molecule has 2 aliphatic heterocycles. The monoisotopic (exact) mass is 481 g/mol. The lowest BCUT2D eigenvalue weighted by atomic mass is 9.94. The molecule has 1 saturated carbocycles. The van der Waals surface area contributed by atoms with E-state index in [1.807, 2.05) is 36.4 Å². The van der Waals surface area contributed by atoms with Crippen LogP contribution in [0.4, 0.5) is 0 Å². The largest absolute Gasteiger partial charge is 0.466 e. The van der Waals surface area contributed by atoms with Crippen LogP contribution in [0, 0.1) is 0 Å². The minimum absolute atomic E-state index is 0.128. The van der Waals surface area contributed by atoms with Crippen LogP contribution in [0.5, 0.6) is 0 Å². The fraction of sp³-hybridized carbons (Fsp3) is 0.296. The third-order valence-corrected chi connectivity index (χ3v) is 4.91. The molecular weight excluding hydrogens is 450 g/mol. The van der Waals surface area contributed by atoms with Gasteiger partial charge < -0.3 is 9.47 Å². The molecule has 0 atom stereocenters. The van der Waals surface area contributed by atoms with Crippen molar-refractivity contribution in [3.63, 3.8) is 0 Å². The van der Waals surface area contributed by atoms with Crippen molar-refractivity contribution in [1.82, 2.24) is 4.90 Å². The molecule has 8 nitrogen and oxygen atoms in total. The Morgan fingerprint density at radius 2 is 1.46 bits per heavy atom. The van der Waals surface area contributed by atoms with Crippen molar-refractivity contribution >= 4 is 35.8 Å². The molecule has 0 bridgehead atoms. The number of hydrogen-bond acceptors (Lipinski definition) is 7. The van der Waals surface area contributed by atoms with E-state index in [1.54, 1.807) is 6.92 Å². The number of methoxy groups -OCH3 is 1. The summed E-state index contributed by atoms with van der Waals surface area (Å²) >= 11 is 0. The Morgan fingerprint density at radius 1 is 0.943 bits per heavy atom. The molecule has 4 rings (SSSR count). The summed E-state index contributed by atoms with van der Waals surface area (Å²) in [6.07, 6.45) is 12.2. The third-order valence-electron chi connectivity index (χ3n) is 4.91. The second-order valence-corrected chi connectivity index (χ2v) is 7.63. The first-order valence-electron chi connectivity index (χ1n) is 11.1. The van der Waals surface area contributed by atoms with Gasteiger partial charge in [0.25, 0.3) is 11.8 Å². The molecule has 186 valence electrons. The first-order valence-corrected chi connectivity index (χ1v) is 11.1. The number of carbonyl (C=O) groups excluding carboxylic acids is 5. The number of carbonyl (C=O) groups is 5. The van der Waals surface area contributed by atoms with Crippen LogP contribution in [0.3, 0.4) is 0 Å². The highest BCUT2D eigenvalue weighted by Crippen LogP contribution is 2.24. The van der Waals surface area contributed by atoms with Gasteiger partial charge >= 0.3 is 17.9 Å². The van der Waals surface area contributed by atoms with Crippen LogP contribution >= 0.6 is 0 Å². The number of imide groups is 1. The van der Waals surface area contributed by atoms with E-state index in [0.717, 1.165) is 37.8 Å². The molecule has 0 aromatic heterocycles. The molecule has 1 aliphatic carbocycles. The summed E-state index contributed by atoms with van der Waals surface area (Å²) in [5, 5.41) is 0. The molecular formula is C27H31NO7. The van der Waals surface area contributed by atoms with Crippen molar-refractivity contribution in [2.24, 2.45) is 0 Å². The van der Waals surface area contributed by atoms with Crippen LogP contribution in [-0.4, -0.2) is 47.8 Å². The van der Waals surface area contributed by atoms with Gasteiger partial charge in [-0.1, -0.05) is 68.8 Å². The number of amides is 2. The second-order valence-electron chi connectivity index (χ2n) is 7.63. The van der Waals surface area contributed by atoms with Gasteiger partial charge in [0.2, 0.25) is 0 Å². The molecule has 0 unspecified atom stereocenters. The van der Waals surface area contributed by atoms with E-state index in [2.05, 4.69) is 22.6 Å². The quantitative estimate of drug-likeness (QED) is 0.279. The van der Waals surface area contributed by atoms with Gasteiger partial charge in [-0.3, -0.25) is 14.5 Å². The fourth-order valence-electron chi connectivity index (χ4n) is 3.18.